The van der Waals surface area contributed by atoms with Crippen LogP contribution in [0.15, 0.2) is 11.6 Å². The normalized spacial score (nSPS) is 54.6. The molecular formula is C52H84O23. The lowest BCUT2D eigenvalue weighted by Gasteiger charge is -2.72. The number of aliphatic carboxylic acids is 1. The number of hydrogen-bond donors (Lipinski definition) is 14. The van der Waals surface area contributed by atoms with E-state index < -0.39 is 189 Å². The van der Waals surface area contributed by atoms with E-state index >= 15 is 0 Å². The van der Waals surface area contributed by atoms with Crippen molar-refractivity contribution in [2.45, 2.75) is 229 Å². The van der Waals surface area contributed by atoms with Gasteiger partial charge in [0.1, 0.15) is 90.9 Å². The lowest BCUT2D eigenvalue weighted by atomic mass is 9.33. The summed E-state index contributed by atoms with van der Waals surface area (Å²) in [5, 5.41) is 152. The van der Waals surface area contributed by atoms with Gasteiger partial charge in [-0.1, -0.05) is 60.1 Å². The van der Waals surface area contributed by atoms with Crippen LogP contribution in [-0.4, -0.2) is 233 Å². The van der Waals surface area contributed by atoms with E-state index in [2.05, 4.69) is 40.7 Å². The fourth-order valence-electron chi connectivity index (χ4n) is 16.0. The molecule has 4 heterocycles. The van der Waals surface area contributed by atoms with Crippen molar-refractivity contribution in [1.82, 2.24) is 0 Å². The van der Waals surface area contributed by atoms with Crippen molar-refractivity contribution >= 4 is 5.97 Å². The molecule has 28 atom stereocenters. The standard InChI is InChI=1S/C52H84O23/c1-47(2)14-22-21-8-9-28-49(5)12-11-31(48(3,4)27(49)10-13-50(28,6)51(21,7)15-30(57)52(22,46(66)67)16-29(47)56)73-45-41(75-43-39(65)36(62)34(60)25(17-53)71-43)37(63)35(61)26(72-45)20-70-44-40(33(59)24(55)19-69-44)74-42-38(64)32(58)23(54)18-68-42/h8,22-45,53-65H,9-20H2,1-7H3,(H,66,67)/t22-,23+,24-,25+,26+,27-,28+,29-,30+,31-,32-,33-,34+,35+,36-,37-,38+,39+,40+,41+,42-,43-,44-,45-,49-,50+,51+,52+/m0/s1. The molecule has 5 aliphatic carbocycles. The summed E-state index contributed by atoms with van der Waals surface area (Å²) in [6, 6.07) is 0. The Labute approximate surface area is 436 Å². The molecule has 4 saturated carbocycles. The molecule has 9 rings (SSSR count). The number of aliphatic hydroxyl groups is 13. The summed E-state index contributed by atoms with van der Waals surface area (Å²) in [5.74, 6) is -1.45. The topological polar surface area (TPSA) is 374 Å². The van der Waals surface area contributed by atoms with Gasteiger partial charge in [-0.2, -0.15) is 0 Å². The molecule has 0 radical (unpaired) electrons. The summed E-state index contributed by atoms with van der Waals surface area (Å²) in [7, 11) is 0. The van der Waals surface area contributed by atoms with Crippen LogP contribution in [0.1, 0.15) is 99.8 Å². The van der Waals surface area contributed by atoms with Gasteiger partial charge in [-0.3, -0.25) is 4.79 Å². The van der Waals surface area contributed by atoms with Gasteiger partial charge in [0.2, 0.25) is 0 Å². The number of rotatable bonds is 11. The Morgan fingerprint density at radius 2 is 1.21 bits per heavy atom. The molecule has 0 aromatic carbocycles. The molecule has 14 N–H and O–H groups in total. The molecule has 0 aromatic rings. The first-order chi connectivity index (χ1) is 35.0. The first-order valence-corrected chi connectivity index (χ1v) is 26.8. The fraction of sp³-hybridized carbons (Fsp3) is 0.942. The molecule has 0 aromatic heterocycles. The fourth-order valence-corrected chi connectivity index (χ4v) is 16.0. The van der Waals surface area contributed by atoms with Crippen LogP contribution >= 0.6 is 0 Å². The predicted octanol–water partition coefficient (Wildman–Crippen LogP) is -2.25. The highest BCUT2D eigenvalue weighted by Gasteiger charge is 2.72. The second kappa shape index (κ2) is 20.7. The van der Waals surface area contributed by atoms with Crippen LogP contribution in [0.3, 0.4) is 0 Å². The van der Waals surface area contributed by atoms with Crippen LogP contribution in [0.25, 0.3) is 0 Å². The van der Waals surface area contributed by atoms with Crippen molar-refractivity contribution in [3.8, 4) is 0 Å². The van der Waals surface area contributed by atoms with Crippen molar-refractivity contribution in [2.24, 2.45) is 50.2 Å². The highest BCUT2D eigenvalue weighted by atomic mass is 16.8. The zero-order chi connectivity index (χ0) is 54.9. The van der Waals surface area contributed by atoms with Crippen LogP contribution < -0.4 is 0 Å². The second-order valence-corrected chi connectivity index (χ2v) is 25.6. The van der Waals surface area contributed by atoms with Crippen LogP contribution in [0.4, 0.5) is 0 Å². The van der Waals surface area contributed by atoms with Crippen molar-refractivity contribution in [3.05, 3.63) is 11.6 Å². The van der Waals surface area contributed by atoms with Crippen LogP contribution in [0.5, 0.6) is 0 Å². The maximum absolute atomic E-state index is 13.3. The Balaban J connectivity index is 0.973. The Morgan fingerprint density at radius 3 is 1.88 bits per heavy atom. The molecule has 23 heteroatoms. The van der Waals surface area contributed by atoms with E-state index in [0.29, 0.717) is 25.7 Å². The number of fused-ring (bicyclic) bond motifs is 7. The molecule has 430 valence electrons. The van der Waals surface area contributed by atoms with Gasteiger partial charge in [0, 0.05) is 0 Å². The van der Waals surface area contributed by atoms with E-state index in [1.165, 1.54) is 0 Å². The third kappa shape index (κ3) is 9.29. The SMILES string of the molecule is CC1(C)C[C@H]2C3=CC[C@@H]4[C@@]5(C)CC[C@H](O[C@@H]6O[C@H](CO[C@@H]7OC[C@H](O)[C@H](O)[C@H]7O[C@@H]7OC[C@@H](O)[C@H](O)[C@H]7O)[C@@H](O)[C@H](O)[C@H]6O[C@@H]6O[C@H](CO)[C@@H](O)[C@H](O)[C@H]6O)C(C)(C)[C@@H]5CC[C@@]4(C)[C@]3(C)C[C@@H](O)[C@@]2(C(=O)O)C[C@@H]1O. The van der Waals surface area contributed by atoms with Gasteiger partial charge < -0.3 is 109 Å². The van der Waals surface area contributed by atoms with Crippen LogP contribution in [-0.2, 0) is 42.7 Å². The maximum Gasteiger partial charge on any atom is 0.312 e. The minimum Gasteiger partial charge on any atom is -0.481 e. The Morgan fingerprint density at radius 1 is 0.613 bits per heavy atom. The summed E-state index contributed by atoms with van der Waals surface area (Å²) in [6.07, 6.45) is -26.3. The van der Waals surface area contributed by atoms with Crippen molar-refractivity contribution < 1.29 is 114 Å². The molecule has 9 aliphatic rings. The van der Waals surface area contributed by atoms with E-state index in [1.54, 1.807) is 0 Å². The van der Waals surface area contributed by atoms with Gasteiger partial charge in [-0.15, -0.1) is 0 Å². The highest BCUT2D eigenvalue weighted by molar-refractivity contribution is 5.78. The minimum atomic E-state index is -1.90. The summed E-state index contributed by atoms with van der Waals surface area (Å²) in [4.78, 5) is 13.3. The number of allylic oxidation sites excluding steroid dienone is 2. The van der Waals surface area contributed by atoms with Crippen molar-refractivity contribution in [2.75, 3.05) is 26.4 Å². The average molecular weight is 1080 g/mol. The summed E-state index contributed by atoms with van der Waals surface area (Å²) in [5.41, 5.74) is -2.89. The van der Waals surface area contributed by atoms with Crippen LogP contribution in [0.2, 0.25) is 0 Å². The molecule has 4 aliphatic heterocycles. The number of carboxylic acid groups (broad SMARTS) is 1. The second-order valence-electron chi connectivity index (χ2n) is 25.6. The van der Waals surface area contributed by atoms with E-state index in [1.807, 2.05) is 13.8 Å². The minimum absolute atomic E-state index is 0.0111. The van der Waals surface area contributed by atoms with Gasteiger partial charge in [-0.05, 0) is 96.2 Å². The molecular weight excluding hydrogens is 993 g/mol. The molecule has 0 amide bonds. The van der Waals surface area contributed by atoms with Gasteiger partial charge in [0.25, 0.3) is 0 Å². The smallest absolute Gasteiger partial charge is 0.312 e. The van der Waals surface area contributed by atoms with E-state index in [9.17, 15) is 76.3 Å². The van der Waals surface area contributed by atoms with Gasteiger partial charge in [-0.25, -0.2) is 0 Å². The molecule has 75 heavy (non-hydrogen) atoms. The quantitative estimate of drug-likeness (QED) is 0.0768. The number of ether oxygens (including phenoxy) is 8. The number of carbonyl (C=O) groups is 1. The highest BCUT2D eigenvalue weighted by Crippen LogP contribution is 2.76. The van der Waals surface area contributed by atoms with Gasteiger partial charge in [0.05, 0.1) is 44.7 Å². The summed E-state index contributed by atoms with van der Waals surface area (Å²) >= 11 is 0. The molecule has 0 unspecified atom stereocenters. The van der Waals surface area contributed by atoms with E-state index in [0.717, 1.165) is 18.4 Å². The van der Waals surface area contributed by atoms with Crippen LogP contribution in [0, 0.1) is 50.2 Å². The van der Waals surface area contributed by atoms with Gasteiger partial charge >= 0.3 is 5.97 Å². The van der Waals surface area contributed by atoms with Crippen molar-refractivity contribution in [3.63, 3.8) is 0 Å². The molecule has 23 nitrogen and oxygen atoms in total. The van der Waals surface area contributed by atoms with Gasteiger partial charge in [0.15, 0.2) is 25.2 Å². The third-order valence-corrected chi connectivity index (χ3v) is 20.9. The first-order valence-electron chi connectivity index (χ1n) is 26.8. The largest absolute Gasteiger partial charge is 0.481 e. The monoisotopic (exact) mass is 1080 g/mol. The third-order valence-electron chi connectivity index (χ3n) is 20.9. The first kappa shape index (κ1) is 58.0. The number of carboxylic acids is 1. The maximum atomic E-state index is 13.3. The lowest BCUT2D eigenvalue weighted by Crippen LogP contribution is -2.69. The Hall–Kier alpha value is -1.63. The summed E-state index contributed by atoms with van der Waals surface area (Å²) in [6.45, 7) is 12.7. The van der Waals surface area contributed by atoms with E-state index in [-0.39, 0.29) is 35.5 Å². The Kier molecular flexibility index (Phi) is 16.0. The molecule has 8 fully saturated rings. The zero-order valence-electron chi connectivity index (χ0n) is 43.9. The zero-order valence-corrected chi connectivity index (χ0v) is 43.9. The van der Waals surface area contributed by atoms with E-state index in [4.69, 9.17) is 37.9 Å². The molecule has 0 spiro atoms. The Bertz CT molecular complexity index is 2080. The molecule has 4 saturated heterocycles. The van der Waals surface area contributed by atoms with Crippen molar-refractivity contribution in [1.29, 1.82) is 0 Å². The average Bonchev–Trinajstić information content (AvgIpc) is 3.36. The number of hydrogen-bond acceptors (Lipinski definition) is 22. The number of aliphatic hydroxyl groups excluding tert-OH is 13. The molecule has 0 bridgehead atoms. The lowest BCUT2D eigenvalue weighted by molar-refractivity contribution is -0.384. The predicted molar refractivity (Wildman–Crippen MR) is 254 cm³/mol. The summed E-state index contributed by atoms with van der Waals surface area (Å²) < 4.78 is 48.0.